The molecule has 0 unspecified atom stereocenters. The fourth-order valence-electron chi connectivity index (χ4n) is 4.35. The van der Waals surface area contributed by atoms with Crippen LogP contribution in [0.2, 0.25) is 0 Å². The predicted octanol–water partition coefficient (Wildman–Crippen LogP) is 2.45. The minimum Gasteiger partial charge on any atom is -0.490 e. The molecule has 1 amide bonds. The maximum Gasteiger partial charge on any atom is 0.264 e. The summed E-state index contributed by atoms with van der Waals surface area (Å²) in [6.07, 6.45) is 2.40. The van der Waals surface area contributed by atoms with Gasteiger partial charge in [0.2, 0.25) is 5.75 Å². The van der Waals surface area contributed by atoms with Crippen molar-refractivity contribution in [3.8, 4) is 17.2 Å². The summed E-state index contributed by atoms with van der Waals surface area (Å²) < 4.78 is 124. The first-order valence-electron chi connectivity index (χ1n) is 19.3. The first-order valence-corrected chi connectivity index (χ1v) is 22.6. The highest BCUT2D eigenvalue weighted by molar-refractivity contribution is 7.86. The fourth-order valence-corrected chi connectivity index (χ4v) is 5.32. The molecule has 0 spiro atoms. The summed E-state index contributed by atoms with van der Waals surface area (Å²) >= 11 is 0. The minimum atomic E-state index is -4.22. The van der Waals surface area contributed by atoms with Crippen LogP contribution in [0.4, 0.5) is 0 Å². The van der Waals surface area contributed by atoms with Crippen molar-refractivity contribution in [2.75, 3.05) is 144 Å². The van der Waals surface area contributed by atoms with Crippen molar-refractivity contribution < 1.29 is 82.8 Å². The number of ether oxygens (including phenoxy) is 11. The predicted molar refractivity (Wildman–Crippen MR) is 209 cm³/mol. The molecule has 21 heteroatoms. The van der Waals surface area contributed by atoms with Gasteiger partial charge >= 0.3 is 0 Å². The maximum absolute atomic E-state index is 13.1. The van der Waals surface area contributed by atoms with E-state index < -0.39 is 37.6 Å². The Hall–Kier alpha value is -2.41. The van der Waals surface area contributed by atoms with E-state index in [0.717, 1.165) is 19.4 Å². The van der Waals surface area contributed by atoms with Gasteiger partial charge < -0.3 is 57.4 Å². The van der Waals surface area contributed by atoms with Crippen molar-refractivity contribution in [3.63, 3.8) is 0 Å². The average molecular weight is 864 g/mol. The lowest BCUT2D eigenvalue weighted by molar-refractivity contribution is -0.0230. The summed E-state index contributed by atoms with van der Waals surface area (Å²) in [5.41, 5.74) is 0.154. The number of benzene rings is 1. The van der Waals surface area contributed by atoms with Gasteiger partial charge in [0.15, 0.2) is 11.5 Å². The van der Waals surface area contributed by atoms with Crippen molar-refractivity contribution in [2.24, 2.45) is 0 Å². The van der Waals surface area contributed by atoms with Crippen LogP contribution in [0.1, 0.15) is 56.3 Å². The van der Waals surface area contributed by atoms with Crippen LogP contribution in [-0.4, -0.2) is 175 Å². The Kier molecular flexibility index (Phi) is 31.8. The van der Waals surface area contributed by atoms with Crippen molar-refractivity contribution >= 4 is 26.1 Å². The van der Waals surface area contributed by atoms with Crippen molar-refractivity contribution in [3.05, 3.63) is 17.7 Å². The number of hydrogen-bond donors (Lipinski definition) is 3. The van der Waals surface area contributed by atoms with Gasteiger partial charge in [0.25, 0.3) is 26.1 Å². The first-order chi connectivity index (χ1) is 27.5. The number of unbranched alkanes of at least 4 members (excludes halogenated alkanes) is 1. The molecule has 0 heterocycles. The third kappa shape index (κ3) is 32.2. The summed E-state index contributed by atoms with van der Waals surface area (Å²) in [7, 11) is -8.43. The van der Waals surface area contributed by atoms with Gasteiger partial charge in [0, 0.05) is 18.7 Å². The first kappa shape index (κ1) is 52.6. The fraction of sp³-hybridized carbons (Fsp3) is 0.806. The molecule has 0 aliphatic rings. The molecule has 1 aromatic rings. The molecule has 0 bridgehead atoms. The lowest BCUT2D eigenvalue weighted by atomic mass is 10.1. The molecule has 334 valence electrons. The number of amides is 1. The second-order valence-electron chi connectivity index (χ2n) is 12.1. The molecule has 0 saturated heterocycles. The van der Waals surface area contributed by atoms with Gasteiger partial charge in [-0.1, -0.05) is 20.3 Å². The van der Waals surface area contributed by atoms with E-state index in [1.54, 1.807) is 0 Å². The van der Waals surface area contributed by atoms with Crippen molar-refractivity contribution in [1.82, 2.24) is 5.32 Å². The van der Waals surface area contributed by atoms with Gasteiger partial charge in [-0.2, -0.15) is 16.8 Å². The second-order valence-corrected chi connectivity index (χ2v) is 15.3. The molecule has 0 atom stereocenters. The number of carbonyl (C=O) groups is 1. The lowest BCUT2D eigenvalue weighted by Gasteiger charge is -2.18. The van der Waals surface area contributed by atoms with Crippen molar-refractivity contribution in [1.29, 1.82) is 0 Å². The average Bonchev–Trinajstić information content (AvgIpc) is 3.16. The summed E-state index contributed by atoms with van der Waals surface area (Å²) in [5, 5.41) is 2.75. The summed E-state index contributed by atoms with van der Waals surface area (Å²) in [5.74, 6) is -1.28. The van der Waals surface area contributed by atoms with Crippen LogP contribution in [0, 0.1) is 0 Å². The van der Waals surface area contributed by atoms with E-state index in [2.05, 4.69) is 12.2 Å². The zero-order valence-corrected chi connectivity index (χ0v) is 35.1. The van der Waals surface area contributed by atoms with Gasteiger partial charge in [0.1, 0.15) is 0 Å². The Labute approximate surface area is 338 Å². The molecule has 19 nitrogen and oxygen atoms in total. The molecule has 1 aromatic carbocycles. The van der Waals surface area contributed by atoms with Gasteiger partial charge in [-0.15, -0.1) is 0 Å². The number of hydrogen-bond acceptors (Lipinski definition) is 16. The monoisotopic (exact) mass is 863 g/mol. The molecular weight excluding hydrogens is 799 g/mol. The molecule has 0 radical (unpaired) electrons. The highest BCUT2D eigenvalue weighted by Gasteiger charge is 2.20. The minimum absolute atomic E-state index is 0.0465. The number of nitrogens with one attached hydrogen (secondary N) is 1. The number of rotatable bonds is 41. The maximum atomic E-state index is 13.1. The molecule has 0 aromatic heterocycles. The van der Waals surface area contributed by atoms with Crippen LogP contribution in [0.3, 0.4) is 0 Å². The lowest BCUT2D eigenvalue weighted by Crippen LogP contribution is -2.28. The molecule has 0 fully saturated rings. The Morgan fingerprint density at radius 1 is 0.491 bits per heavy atom. The Morgan fingerprint density at radius 2 is 0.842 bits per heavy atom. The third-order valence-corrected chi connectivity index (χ3v) is 8.73. The Morgan fingerprint density at radius 3 is 1.21 bits per heavy atom. The van der Waals surface area contributed by atoms with Gasteiger partial charge in [-0.3, -0.25) is 13.9 Å². The second kappa shape index (κ2) is 34.5. The standard InChI is InChI=1S/C36H65NO18S2/c1-3-5-10-53-33-30-32(31-34(54-11-6-28-56(39,40)41)35(33)55-12-7-29-57(42,43)44)36(38)37-8-13-46-15-17-48-19-21-50-23-25-52-27-26-51-24-22-49-20-18-47-16-14-45-9-4-2/h30-31H,3-29H2,1-2H3,(H,37,38)(H,39,40,41)(H,42,43,44). The van der Waals surface area contributed by atoms with Gasteiger partial charge in [-0.05, 0) is 37.8 Å². The van der Waals surface area contributed by atoms with E-state index in [0.29, 0.717) is 98.9 Å². The van der Waals surface area contributed by atoms with Crippen LogP contribution in [0.15, 0.2) is 12.1 Å². The Balaban J connectivity index is 2.29. The molecule has 0 saturated carbocycles. The van der Waals surface area contributed by atoms with Crippen LogP contribution < -0.4 is 19.5 Å². The molecule has 3 N–H and O–H groups in total. The zero-order valence-electron chi connectivity index (χ0n) is 33.5. The van der Waals surface area contributed by atoms with E-state index in [1.165, 1.54) is 12.1 Å². The topological polar surface area (TPSA) is 239 Å². The normalized spacial score (nSPS) is 11.9. The quantitative estimate of drug-likeness (QED) is 0.0633. The van der Waals surface area contributed by atoms with E-state index in [4.69, 9.17) is 61.2 Å². The molecule has 0 aliphatic heterocycles. The highest BCUT2D eigenvalue weighted by atomic mass is 32.2. The van der Waals surface area contributed by atoms with E-state index in [9.17, 15) is 21.6 Å². The van der Waals surface area contributed by atoms with Gasteiger partial charge in [0.05, 0.1) is 130 Å². The van der Waals surface area contributed by atoms with E-state index in [-0.39, 0.29) is 68.6 Å². The van der Waals surface area contributed by atoms with Gasteiger partial charge in [-0.25, -0.2) is 0 Å². The summed E-state index contributed by atoms with van der Waals surface area (Å²) in [4.78, 5) is 13.1. The molecule has 1 rings (SSSR count). The zero-order chi connectivity index (χ0) is 41.9. The van der Waals surface area contributed by atoms with E-state index in [1.807, 2.05) is 6.92 Å². The van der Waals surface area contributed by atoms with Crippen LogP contribution in [-0.2, 0) is 58.1 Å². The number of carbonyl (C=O) groups excluding carboxylic acids is 1. The van der Waals surface area contributed by atoms with Crippen molar-refractivity contribution in [2.45, 2.75) is 46.0 Å². The highest BCUT2D eigenvalue weighted by Crippen LogP contribution is 2.39. The van der Waals surface area contributed by atoms with Crippen LogP contribution in [0.5, 0.6) is 17.2 Å². The van der Waals surface area contributed by atoms with Crippen LogP contribution in [0.25, 0.3) is 0 Å². The molecular formula is C36H65NO18S2. The Bertz CT molecular complexity index is 1370. The SMILES string of the molecule is CCCCOc1cc(C(=O)NCCOCCOCCOCCOCCOCCOCCOCCOCCC)cc(OCCCS(=O)(=O)O)c1OCCCS(=O)(=O)O. The summed E-state index contributed by atoms with van der Waals surface area (Å²) in [6.45, 7) is 11.5. The molecule has 0 aliphatic carbocycles. The third-order valence-electron chi connectivity index (χ3n) is 7.12. The molecule has 57 heavy (non-hydrogen) atoms. The van der Waals surface area contributed by atoms with Crippen LogP contribution >= 0.6 is 0 Å². The largest absolute Gasteiger partial charge is 0.490 e. The summed E-state index contributed by atoms with van der Waals surface area (Å²) in [6, 6.07) is 2.84. The smallest absolute Gasteiger partial charge is 0.264 e. The van der Waals surface area contributed by atoms with E-state index >= 15 is 0 Å².